The van der Waals surface area contributed by atoms with Crippen molar-refractivity contribution >= 4 is 5.91 Å². The van der Waals surface area contributed by atoms with Gasteiger partial charge < -0.3 is 16.0 Å². The fraction of sp³-hybridized carbons (Fsp3) is 0.938. The smallest absolute Gasteiger partial charge is 0.220 e. The number of rotatable bonds is 10. The summed E-state index contributed by atoms with van der Waals surface area (Å²) in [7, 11) is 0. The SMILES string of the molecule is CCC(CCN)CCC(=O)NCC(C)CN1CCCC1. The third-order valence-electron chi connectivity index (χ3n) is 4.35. The van der Waals surface area contributed by atoms with Crippen LogP contribution in [0.15, 0.2) is 0 Å². The maximum absolute atomic E-state index is 11.9. The Kier molecular flexibility index (Phi) is 8.86. The van der Waals surface area contributed by atoms with Gasteiger partial charge in [-0.05, 0) is 57.2 Å². The molecule has 4 heteroatoms. The lowest BCUT2D eigenvalue weighted by molar-refractivity contribution is -0.121. The number of nitrogens with zero attached hydrogens (tertiary/aromatic N) is 1. The number of hydrogen-bond acceptors (Lipinski definition) is 3. The molecule has 1 saturated heterocycles. The third kappa shape index (κ3) is 7.25. The van der Waals surface area contributed by atoms with E-state index in [1.807, 2.05) is 0 Å². The summed E-state index contributed by atoms with van der Waals surface area (Å²) in [6, 6.07) is 0. The molecule has 20 heavy (non-hydrogen) atoms. The molecule has 1 fully saturated rings. The van der Waals surface area contributed by atoms with Gasteiger partial charge in [0, 0.05) is 19.5 Å². The van der Waals surface area contributed by atoms with Crippen molar-refractivity contribution in [2.24, 2.45) is 17.6 Å². The third-order valence-corrected chi connectivity index (χ3v) is 4.35. The normalized spacial score (nSPS) is 18.9. The summed E-state index contributed by atoms with van der Waals surface area (Å²) >= 11 is 0. The summed E-state index contributed by atoms with van der Waals surface area (Å²) in [6.45, 7) is 9.52. The molecule has 0 aromatic heterocycles. The summed E-state index contributed by atoms with van der Waals surface area (Å²) in [6.07, 6.45) is 6.44. The highest BCUT2D eigenvalue weighted by molar-refractivity contribution is 5.75. The van der Waals surface area contributed by atoms with Gasteiger partial charge in [0.1, 0.15) is 0 Å². The molecule has 0 saturated carbocycles. The van der Waals surface area contributed by atoms with Crippen molar-refractivity contribution in [3.63, 3.8) is 0 Å². The maximum Gasteiger partial charge on any atom is 0.220 e. The second kappa shape index (κ2) is 10.2. The van der Waals surface area contributed by atoms with Gasteiger partial charge in [-0.15, -0.1) is 0 Å². The quantitative estimate of drug-likeness (QED) is 0.644. The van der Waals surface area contributed by atoms with E-state index in [9.17, 15) is 4.79 Å². The lowest BCUT2D eigenvalue weighted by Gasteiger charge is -2.20. The molecule has 1 amide bonds. The van der Waals surface area contributed by atoms with Crippen molar-refractivity contribution in [3.8, 4) is 0 Å². The molecule has 1 heterocycles. The molecule has 0 aromatic carbocycles. The molecule has 1 aliphatic heterocycles. The monoisotopic (exact) mass is 283 g/mol. The van der Waals surface area contributed by atoms with Crippen LogP contribution in [0.1, 0.15) is 52.4 Å². The highest BCUT2D eigenvalue weighted by Gasteiger charge is 2.15. The Morgan fingerprint density at radius 2 is 2.00 bits per heavy atom. The highest BCUT2D eigenvalue weighted by atomic mass is 16.1. The van der Waals surface area contributed by atoms with Crippen LogP contribution in [-0.2, 0) is 4.79 Å². The molecule has 4 nitrogen and oxygen atoms in total. The van der Waals surface area contributed by atoms with Crippen LogP contribution in [0.25, 0.3) is 0 Å². The molecule has 2 unspecified atom stereocenters. The molecule has 1 aliphatic rings. The van der Waals surface area contributed by atoms with Gasteiger partial charge in [-0.3, -0.25) is 4.79 Å². The van der Waals surface area contributed by atoms with Crippen LogP contribution >= 0.6 is 0 Å². The molecule has 3 N–H and O–H groups in total. The van der Waals surface area contributed by atoms with Crippen LogP contribution in [0.4, 0.5) is 0 Å². The predicted octanol–water partition coefficient (Wildman–Crippen LogP) is 1.99. The van der Waals surface area contributed by atoms with Gasteiger partial charge in [-0.25, -0.2) is 0 Å². The minimum atomic E-state index is 0.203. The summed E-state index contributed by atoms with van der Waals surface area (Å²) in [5, 5.41) is 3.08. The van der Waals surface area contributed by atoms with Gasteiger partial charge in [0.05, 0.1) is 0 Å². The zero-order chi connectivity index (χ0) is 14.8. The zero-order valence-corrected chi connectivity index (χ0v) is 13.4. The Morgan fingerprint density at radius 3 is 2.60 bits per heavy atom. The largest absolute Gasteiger partial charge is 0.356 e. The maximum atomic E-state index is 11.9. The van der Waals surface area contributed by atoms with Crippen molar-refractivity contribution in [1.82, 2.24) is 10.2 Å². The second-order valence-electron chi connectivity index (χ2n) is 6.31. The van der Waals surface area contributed by atoms with Crippen LogP contribution in [-0.4, -0.2) is 43.5 Å². The molecule has 0 radical (unpaired) electrons. The molecule has 1 rings (SSSR count). The number of amides is 1. The van der Waals surface area contributed by atoms with E-state index < -0.39 is 0 Å². The lowest BCUT2D eigenvalue weighted by Crippen LogP contribution is -2.34. The average Bonchev–Trinajstić information content (AvgIpc) is 2.94. The van der Waals surface area contributed by atoms with Crippen LogP contribution in [0.2, 0.25) is 0 Å². The molecule has 2 atom stereocenters. The Bertz CT molecular complexity index is 264. The zero-order valence-electron chi connectivity index (χ0n) is 13.4. The van der Waals surface area contributed by atoms with Crippen LogP contribution in [0.3, 0.4) is 0 Å². The Balaban J connectivity index is 2.09. The van der Waals surface area contributed by atoms with E-state index in [-0.39, 0.29) is 5.91 Å². The molecule has 0 aliphatic carbocycles. The fourth-order valence-electron chi connectivity index (χ4n) is 2.97. The van der Waals surface area contributed by atoms with E-state index in [4.69, 9.17) is 5.73 Å². The van der Waals surface area contributed by atoms with Crippen LogP contribution in [0.5, 0.6) is 0 Å². The lowest BCUT2D eigenvalue weighted by atomic mass is 9.96. The van der Waals surface area contributed by atoms with E-state index in [0.29, 0.717) is 18.3 Å². The summed E-state index contributed by atoms with van der Waals surface area (Å²) < 4.78 is 0. The number of nitrogens with one attached hydrogen (secondary N) is 1. The minimum Gasteiger partial charge on any atom is -0.356 e. The van der Waals surface area contributed by atoms with Gasteiger partial charge in [0.2, 0.25) is 5.91 Å². The summed E-state index contributed by atoms with van der Waals surface area (Å²) in [4.78, 5) is 14.4. The van der Waals surface area contributed by atoms with Gasteiger partial charge in [-0.1, -0.05) is 20.3 Å². The number of nitrogens with two attached hydrogens (primary N) is 1. The van der Waals surface area contributed by atoms with Crippen LogP contribution in [0, 0.1) is 11.8 Å². The number of carbonyl (C=O) groups excluding carboxylic acids is 1. The van der Waals surface area contributed by atoms with Crippen molar-refractivity contribution in [3.05, 3.63) is 0 Å². The van der Waals surface area contributed by atoms with E-state index in [1.54, 1.807) is 0 Å². The van der Waals surface area contributed by atoms with Crippen molar-refractivity contribution in [2.75, 3.05) is 32.7 Å². The topological polar surface area (TPSA) is 58.4 Å². The first-order chi connectivity index (χ1) is 9.65. The standard InChI is InChI=1S/C16H33N3O/c1-3-15(8-9-17)6-7-16(20)18-12-14(2)13-19-10-4-5-11-19/h14-15H,3-13,17H2,1-2H3,(H,18,20). The molecular weight excluding hydrogens is 250 g/mol. The number of hydrogen-bond donors (Lipinski definition) is 2. The molecule has 0 aromatic rings. The van der Waals surface area contributed by atoms with E-state index in [1.165, 1.54) is 25.9 Å². The van der Waals surface area contributed by atoms with E-state index in [2.05, 4.69) is 24.1 Å². The first-order valence-electron chi connectivity index (χ1n) is 8.34. The molecule has 0 bridgehead atoms. The van der Waals surface area contributed by atoms with Crippen LogP contribution < -0.4 is 11.1 Å². The Labute approximate surface area is 124 Å². The fourth-order valence-corrected chi connectivity index (χ4v) is 2.97. The van der Waals surface area contributed by atoms with Crippen molar-refractivity contribution in [2.45, 2.75) is 52.4 Å². The second-order valence-corrected chi connectivity index (χ2v) is 6.31. The summed E-state index contributed by atoms with van der Waals surface area (Å²) in [5.74, 6) is 1.35. The van der Waals surface area contributed by atoms with Gasteiger partial charge >= 0.3 is 0 Å². The highest BCUT2D eigenvalue weighted by Crippen LogP contribution is 2.14. The van der Waals surface area contributed by atoms with Gasteiger partial charge in [0.15, 0.2) is 0 Å². The van der Waals surface area contributed by atoms with Gasteiger partial charge in [0.25, 0.3) is 0 Å². The molecule has 0 spiro atoms. The predicted molar refractivity (Wildman–Crippen MR) is 84.5 cm³/mol. The summed E-state index contributed by atoms with van der Waals surface area (Å²) in [5.41, 5.74) is 5.58. The van der Waals surface area contributed by atoms with Gasteiger partial charge in [-0.2, -0.15) is 0 Å². The average molecular weight is 283 g/mol. The Hall–Kier alpha value is -0.610. The number of likely N-dealkylation sites (tertiary alicyclic amines) is 1. The van der Waals surface area contributed by atoms with Crippen molar-refractivity contribution < 1.29 is 4.79 Å². The molecular formula is C16H33N3O. The minimum absolute atomic E-state index is 0.203. The first-order valence-corrected chi connectivity index (χ1v) is 8.34. The molecule has 118 valence electrons. The van der Waals surface area contributed by atoms with Crippen molar-refractivity contribution in [1.29, 1.82) is 0 Å². The van der Waals surface area contributed by atoms with E-state index >= 15 is 0 Å². The first kappa shape index (κ1) is 17.4. The number of carbonyl (C=O) groups is 1. The Morgan fingerprint density at radius 1 is 1.30 bits per heavy atom. The van der Waals surface area contributed by atoms with E-state index in [0.717, 1.165) is 38.9 Å².